The van der Waals surface area contributed by atoms with E-state index >= 15 is 0 Å². The molecule has 0 aromatic heterocycles. The van der Waals surface area contributed by atoms with E-state index in [1.807, 2.05) is 0 Å². The molecule has 1 heterocycles. The molecule has 0 bridgehead atoms. The van der Waals surface area contributed by atoms with Gasteiger partial charge < -0.3 is 9.47 Å². The lowest BCUT2D eigenvalue weighted by Gasteiger charge is -2.12. The van der Waals surface area contributed by atoms with Gasteiger partial charge in [0.2, 0.25) is 0 Å². The Morgan fingerprint density at radius 2 is 1.57 bits per heavy atom. The summed E-state index contributed by atoms with van der Waals surface area (Å²) in [5, 5.41) is 0.683. The van der Waals surface area contributed by atoms with Crippen LogP contribution in [-0.2, 0) is 10.0 Å². The zero-order valence-corrected chi connectivity index (χ0v) is 14.2. The fourth-order valence-corrected chi connectivity index (χ4v) is 3.72. The maximum Gasteiger partial charge on any atom is 0.262 e. The van der Waals surface area contributed by atoms with Gasteiger partial charge in [-0.05, 0) is 30.3 Å². The summed E-state index contributed by atoms with van der Waals surface area (Å²) in [6.45, 7) is 1.02. The first-order valence-electron chi connectivity index (χ1n) is 6.83. The van der Waals surface area contributed by atoms with E-state index in [2.05, 4.69) is 4.72 Å². The number of hydrogen-bond donors (Lipinski definition) is 1. The van der Waals surface area contributed by atoms with Crippen LogP contribution < -0.4 is 14.2 Å². The first-order valence-corrected chi connectivity index (χ1v) is 9.06. The third-order valence-corrected chi connectivity index (χ3v) is 4.96. The van der Waals surface area contributed by atoms with E-state index in [4.69, 9.17) is 32.7 Å². The van der Waals surface area contributed by atoms with Crippen molar-refractivity contribution in [3.8, 4) is 11.5 Å². The lowest BCUT2D eigenvalue weighted by molar-refractivity contribution is 0.297. The second-order valence-corrected chi connectivity index (χ2v) is 7.48. The molecule has 8 heteroatoms. The van der Waals surface area contributed by atoms with E-state index in [1.54, 1.807) is 6.07 Å². The SMILES string of the molecule is O=S(=O)(Nc1cc(Cl)cc(Cl)c1)c1ccc2c(c1)OCCCO2. The van der Waals surface area contributed by atoms with Gasteiger partial charge in [0, 0.05) is 22.5 Å². The molecule has 122 valence electrons. The van der Waals surface area contributed by atoms with Gasteiger partial charge in [-0.15, -0.1) is 0 Å². The fraction of sp³-hybridized carbons (Fsp3) is 0.200. The summed E-state index contributed by atoms with van der Waals surface area (Å²) in [4.78, 5) is 0.0675. The van der Waals surface area contributed by atoms with Gasteiger partial charge in [0.25, 0.3) is 10.0 Å². The van der Waals surface area contributed by atoms with Crippen molar-refractivity contribution in [3.63, 3.8) is 0 Å². The standard InChI is InChI=1S/C15H13Cl2NO4S/c16-10-6-11(17)8-12(7-10)18-23(19,20)13-2-3-14-15(9-13)22-5-1-4-21-14/h2-3,6-9,18H,1,4-5H2. The van der Waals surface area contributed by atoms with Gasteiger partial charge in [-0.3, -0.25) is 4.72 Å². The van der Waals surface area contributed by atoms with Crippen molar-refractivity contribution in [2.45, 2.75) is 11.3 Å². The van der Waals surface area contributed by atoms with Gasteiger partial charge in [0.05, 0.1) is 23.8 Å². The Bertz CT molecular complexity index is 819. The molecule has 3 rings (SSSR count). The van der Waals surface area contributed by atoms with Crippen molar-refractivity contribution in [2.24, 2.45) is 0 Å². The van der Waals surface area contributed by atoms with Gasteiger partial charge in [0.15, 0.2) is 11.5 Å². The van der Waals surface area contributed by atoms with Crippen LogP contribution in [-0.4, -0.2) is 21.6 Å². The molecule has 0 spiro atoms. The highest BCUT2D eigenvalue weighted by Crippen LogP contribution is 2.33. The van der Waals surface area contributed by atoms with E-state index in [-0.39, 0.29) is 10.6 Å². The number of fused-ring (bicyclic) bond motifs is 1. The summed E-state index contributed by atoms with van der Waals surface area (Å²) < 4.78 is 38.5. The van der Waals surface area contributed by atoms with Crippen LogP contribution in [0.4, 0.5) is 5.69 Å². The molecular weight excluding hydrogens is 361 g/mol. The second-order valence-electron chi connectivity index (χ2n) is 4.92. The average Bonchev–Trinajstić information content (AvgIpc) is 2.69. The first-order chi connectivity index (χ1) is 10.9. The number of halogens is 2. The Morgan fingerprint density at radius 3 is 2.26 bits per heavy atom. The minimum absolute atomic E-state index is 0.0675. The summed E-state index contributed by atoms with van der Waals surface area (Å²) in [5.74, 6) is 0.946. The molecule has 23 heavy (non-hydrogen) atoms. The third-order valence-electron chi connectivity index (χ3n) is 3.14. The molecule has 0 amide bonds. The number of ether oxygens (including phenoxy) is 2. The minimum atomic E-state index is -3.80. The zero-order chi connectivity index (χ0) is 16.4. The molecule has 0 radical (unpaired) electrons. The minimum Gasteiger partial charge on any atom is -0.490 e. The average molecular weight is 374 g/mol. The van der Waals surface area contributed by atoms with Crippen LogP contribution in [0, 0.1) is 0 Å². The molecule has 0 atom stereocenters. The number of benzene rings is 2. The van der Waals surface area contributed by atoms with Crippen molar-refractivity contribution in [2.75, 3.05) is 17.9 Å². The van der Waals surface area contributed by atoms with Gasteiger partial charge in [-0.1, -0.05) is 23.2 Å². The number of sulfonamides is 1. The van der Waals surface area contributed by atoms with Crippen LogP contribution in [0.1, 0.15) is 6.42 Å². The van der Waals surface area contributed by atoms with Gasteiger partial charge in [-0.25, -0.2) is 8.42 Å². The zero-order valence-electron chi connectivity index (χ0n) is 11.9. The third kappa shape index (κ3) is 3.83. The molecule has 2 aromatic carbocycles. The van der Waals surface area contributed by atoms with Crippen molar-refractivity contribution >= 4 is 38.9 Å². The van der Waals surface area contributed by atoms with Crippen molar-refractivity contribution in [1.29, 1.82) is 0 Å². The van der Waals surface area contributed by atoms with Gasteiger partial charge in [-0.2, -0.15) is 0 Å². The molecule has 0 fully saturated rings. The Labute approximate surface area is 144 Å². The summed E-state index contributed by atoms with van der Waals surface area (Å²) in [6, 6.07) is 8.97. The first kappa shape index (κ1) is 16.2. The summed E-state index contributed by atoms with van der Waals surface area (Å²) in [7, 11) is -3.80. The van der Waals surface area contributed by atoms with E-state index in [0.717, 1.165) is 6.42 Å². The van der Waals surface area contributed by atoms with Crippen LogP contribution in [0.3, 0.4) is 0 Å². The smallest absolute Gasteiger partial charge is 0.262 e. The summed E-state index contributed by atoms with van der Waals surface area (Å²) in [6.07, 6.45) is 0.746. The van der Waals surface area contributed by atoms with Crippen LogP contribution in [0.15, 0.2) is 41.3 Å². The molecule has 0 saturated heterocycles. The molecule has 5 nitrogen and oxygen atoms in total. The van der Waals surface area contributed by atoms with Crippen LogP contribution in [0.5, 0.6) is 11.5 Å². The van der Waals surface area contributed by atoms with Crippen molar-refractivity contribution < 1.29 is 17.9 Å². The monoisotopic (exact) mass is 373 g/mol. The van der Waals surface area contributed by atoms with Crippen LogP contribution in [0.25, 0.3) is 0 Å². The quantitative estimate of drug-likeness (QED) is 0.884. The highest BCUT2D eigenvalue weighted by Gasteiger charge is 2.19. The topological polar surface area (TPSA) is 64.6 Å². The normalized spacial score (nSPS) is 14.2. The predicted octanol–water partition coefficient (Wildman–Crippen LogP) is 3.96. The molecular formula is C15H13Cl2NO4S. The fourth-order valence-electron chi connectivity index (χ4n) is 2.14. The van der Waals surface area contributed by atoms with Crippen molar-refractivity contribution in [3.05, 3.63) is 46.4 Å². The molecule has 0 aliphatic carbocycles. The molecule has 1 aliphatic heterocycles. The van der Waals surface area contributed by atoms with E-state index in [1.165, 1.54) is 30.3 Å². The molecule has 0 saturated carbocycles. The summed E-state index contributed by atoms with van der Waals surface area (Å²) in [5.41, 5.74) is 0.287. The predicted molar refractivity (Wildman–Crippen MR) is 89.3 cm³/mol. The Hall–Kier alpha value is -1.63. The maximum atomic E-state index is 12.5. The van der Waals surface area contributed by atoms with Crippen LogP contribution in [0.2, 0.25) is 10.0 Å². The summed E-state index contributed by atoms with van der Waals surface area (Å²) >= 11 is 11.8. The Kier molecular flexibility index (Phi) is 4.57. The highest BCUT2D eigenvalue weighted by atomic mass is 35.5. The number of hydrogen-bond acceptors (Lipinski definition) is 4. The largest absolute Gasteiger partial charge is 0.490 e. The molecule has 2 aromatic rings. The second kappa shape index (κ2) is 6.47. The Balaban J connectivity index is 1.91. The number of nitrogens with one attached hydrogen (secondary N) is 1. The van der Waals surface area contributed by atoms with Gasteiger partial charge >= 0.3 is 0 Å². The van der Waals surface area contributed by atoms with E-state index in [0.29, 0.717) is 34.8 Å². The highest BCUT2D eigenvalue weighted by molar-refractivity contribution is 7.92. The van der Waals surface area contributed by atoms with Crippen LogP contribution >= 0.6 is 23.2 Å². The molecule has 1 aliphatic rings. The van der Waals surface area contributed by atoms with Crippen molar-refractivity contribution in [1.82, 2.24) is 0 Å². The van der Waals surface area contributed by atoms with E-state index < -0.39 is 10.0 Å². The van der Waals surface area contributed by atoms with E-state index in [9.17, 15) is 8.42 Å². The number of anilines is 1. The lowest BCUT2D eigenvalue weighted by atomic mass is 10.3. The Morgan fingerprint density at radius 1 is 0.913 bits per heavy atom. The molecule has 0 unspecified atom stereocenters. The molecule has 1 N–H and O–H groups in total. The van der Waals surface area contributed by atoms with Gasteiger partial charge in [0.1, 0.15) is 0 Å². The lowest BCUT2D eigenvalue weighted by Crippen LogP contribution is -2.13. The number of rotatable bonds is 3. The maximum absolute atomic E-state index is 12.5.